The van der Waals surface area contributed by atoms with E-state index in [1.807, 2.05) is 0 Å². The molecule has 1 aromatic carbocycles. The van der Waals surface area contributed by atoms with Gasteiger partial charge in [0.15, 0.2) is 0 Å². The van der Waals surface area contributed by atoms with Crippen molar-refractivity contribution < 1.29 is 9.47 Å². The molecule has 0 saturated heterocycles. The average molecular weight is 415 g/mol. The largest absolute Gasteiger partial charge is 0.494 e. The molecule has 0 heterocycles. The Bertz CT molecular complexity index is 500. The quantitative estimate of drug-likeness (QED) is 0.319. The van der Waals surface area contributed by atoms with Crippen molar-refractivity contribution in [2.24, 2.45) is 23.7 Å². The predicted molar refractivity (Wildman–Crippen MR) is 127 cm³/mol. The lowest BCUT2D eigenvalue weighted by Gasteiger charge is -2.27. The molecule has 0 aromatic heterocycles. The van der Waals surface area contributed by atoms with Gasteiger partial charge in [0, 0.05) is 0 Å². The van der Waals surface area contributed by atoms with Crippen molar-refractivity contribution >= 4 is 0 Å². The Labute approximate surface area is 186 Å². The molecule has 2 aliphatic carbocycles. The van der Waals surface area contributed by atoms with Crippen LogP contribution in [0.2, 0.25) is 0 Å². The van der Waals surface area contributed by atoms with Gasteiger partial charge in [-0.2, -0.15) is 0 Å². The Morgan fingerprint density at radius 3 is 1.23 bits per heavy atom. The zero-order valence-electron chi connectivity index (χ0n) is 19.7. The molecule has 2 saturated carbocycles. The highest BCUT2D eigenvalue weighted by molar-refractivity contribution is 5.31. The maximum Gasteiger partial charge on any atom is 0.119 e. The summed E-state index contributed by atoms with van der Waals surface area (Å²) in [5, 5.41) is 0. The number of benzene rings is 1. The van der Waals surface area contributed by atoms with Crippen molar-refractivity contribution in [1.82, 2.24) is 0 Å². The summed E-state index contributed by atoms with van der Waals surface area (Å²) in [6.07, 6.45) is 19.3. The third-order valence-corrected chi connectivity index (χ3v) is 7.96. The van der Waals surface area contributed by atoms with E-state index in [-0.39, 0.29) is 0 Å². The molecule has 2 aliphatic rings. The highest BCUT2D eigenvalue weighted by Crippen LogP contribution is 2.34. The van der Waals surface area contributed by atoms with Crippen LogP contribution in [-0.2, 0) is 0 Å². The Balaban J connectivity index is 1.22. The molecule has 2 nitrogen and oxygen atoms in total. The Kier molecular flexibility index (Phi) is 10.4. The van der Waals surface area contributed by atoms with Gasteiger partial charge in [-0.15, -0.1) is 0 Å². The first-order valence-electron chi connectivity index (χ1n) is 13.1. The zero-order chi connectivity index (χ0) is 21.0. The van der Waals surface area contributed by atoms with Crippen molar-refractivity contribution in [3.8, 4) is 11.5 Å². The minimum Gasteiger partial charge on any atom is -0.494 e. The van der Waals surface area contributed by atoms with Crippen LogP contribution in [0, 0.1) is 23.7 Å². The second-order valence-electron chi connectivity index (χ2n) is 10.0. The maximum absolute atomic E-state index is 5.96. The summed E-state index contributed by atoms with van der Waals surface area (Å²) in [5.41, 5.74) is 0. The molecule has 0 N–H and O–H groups in total. The van der Waals surface area contributed by atoms with E-state index in [1.165, 1.54) is 89.9 Å². The van der Waals surface area contributed by atoms with Gasteiger partial charge in [-0.25, -0.2) is 0 Å². The van der Waals surface area contributed by atoms with E-state index in [2.05, 4.69) is 38.1 Å². The molecule has 0 amide bonds. The third-order valence-electron chi connectivity index (χ3n) is 7.96. The van der Waals surface area contributed by atoms with E-state index in [0.717, 1.165) is 48.4 Å². The Morgan fingerprint density at radius 2 is 0.900 bits per heavy atom. The fraction of sp³-hybridized carbons (Fsp3) is 0.786. The van der Waals surface area contributed by atoms with Crippen LogP contribution in [0.4, 0.5) is 0 Å². The van der Waals surface area contributed by atoms with Crippen molar-refractivity contribution in [2.45, 2.75) is 104 Å². The predicted octanol–water partition coefficient (Wildman–Crippen LogP) is 8.44. The highest BCUT2D eigenvalue weighted by atomic mass is 16.5. The van der Waals surface area contributed by atoms with E-state index >= 15 is 0 Å². The van der Waals surface area contributed by atoms with E-state index in [0.29, 0.717) is 0 Å². The molecule has 0 aliphatic heterocycles. The van der Waals surface area contributed by atoms with Crippen LogP contribution in [0.25, 0.3) is 0 Å². The summed E-state index contributed by atoms with van der Waals surface area (Å²) < 4.78 is 11.9. The van der Waals surface area contributed by atoms with Crippen molar-refractivity contribution in [1.29, 1.82) is 0 Å². The highest BCUT2D eigenvalue weighted by Gasteiger charge is 2.20. The molecule has 170 valence electrons. The zero-order valence-corrected chi connectivity index (χ0v) is 19.7. The second kappa shape index (κ2) is 13.3. The second-order valence-corrected chi connectivity index (χ2v) is 10.0. The van der Waals surface area contributed by atoms with Crippen molar-refractivity contribution in [3.63, 3.8) is 0 Å². The first-order chi connectivity index (χ1) is 14.8. The number of hydrogen-bond acceptors (Lipinski definition) is 2. The lowest BCUT2D eigenvalue weighted by molar-refractivity contribution is 0.232. The number of hydrogen-bond donors (Lipinski definition) is 0. The normalized spacial score (nSPS) is 27.0. The van der Waals surface area contributed by atoms with Gasteiger partial charge in [0.2, 0.25) is 0 Å². The molecule has 2 fully saturated rings. The number of rotatable bonds is 12. The summed E-state index contributed by atoms with van der Waals surface area (Å²) in [4.78, 5) is 0. The molecule has 0 spiro atoms. The summed E-state index contributed by atoms with van der Waals surface area (Å²) >= 11 is 0. The molecule has 0 bridgehead atoms. The van der Waals surface area contributed by atoms with Crippen LogP contribution < -0.4 is 9.47 Å². The SMILES string of the molecule is CC[C@H]1CC[C@H](CCCOc2ccc(OCCC[C@H]3CC[C@H](CC)CC3)cc2)CC1. The van der Waals surface area contributed by atoms with Gasteiger partial charge in [0.05, 0.1) is 13.2 Å². The minimum atomic E-state index is 0.841. The molecule has 2 heteroatoms. The topological polar surface area (TPSA) is 18.5 Å². The average Bonchev–Trinajstić information content (AvgIpc) is 2.81. The van der Waals surface area contributed by atoms with Crippen LogP contribution in [0.5, 0.6) is 11.5 Å². The first kappa shape index (κ1) is 23.5. The first-order valence-corrected chi connectivity index (χ1v) is 13.1. The molecule has 3 rings (SSSR count). The Morgan fingerprint density at radius 1 is 0.567 bits per heavy atom. The van der Waals surface area contributed by atoms with Crippen LogP contribution >= 0.6 is 0 Å². The lowest BCUT2D eigenvalue weighted by atomic mass is 9.79. The molecule has 0 unspecified atom stereocenters. The van der Waals surface area contributed by atoms with E-state index < -0.39 is 0 Å². The summed E-state index contributed by atoms with van der Waals surface area (Å²) in [5.74, 6) is 5.83. The van der Waals surface area contributed by atoms with Gasteiger partial charge in [-0.3, -0.25) is 0 Å². The fourth-order valence-corrected chi connectivity index (χ4v) is 5.61. The smallest absolute Gasteiger partial charge is 0.119 e. The fourth-order valence-electron chi connectivity index (χ4n) is 5.61. The van der Waals surface area contributed by atoms with Gasteiger partial charge in [0.1, 0.15) is 11.5 Å². The standard InChI is InChI=1S/C28H46O2/c1-3-23-9-13-25(14-10-23)7-5-21-29-27-17-19-28(20-18-27)30-22-6-8-26-15-11-24(4-2)12-16-26/h17-20,23-26H,3-16,21-22H2,1-2H3/t23-,24-,25-,26-. The lowest BCUT2D eigenvalue weighted by Crippen LogP contribution is -2.14. The van der Waals surface area contributed by atoms with Crippen LogP contribution in [0.3, 0.4) is 0 Å². The van der Waals surface area contributed by atoms with Crippen LogP contribution in [-0.4, -0.2) is 13.2 Å². The molecule has 0 atom stereocenters. The van der Waals surface area contributed by atoms with Gasteiger partial charge in [-0.05, 0) is 73.6 Å². The van der Waals surface area contributed by atoms with Gasteiger partial charge in [0.25, 0.3) is 0 Å². The summed E-state index contributed by atoms with van der Waals surface area (Å²) in [7, 11) is 0. The minimum absolute atomic E-state index is 0.841. The van der Waals surface area contributed by atoms with E-state index in [4.69, 9.17) is 9.47 Å². The number of ether oxygens (including phenoxy) is 2. The Hall–Kier alpha value is -1.18. The maximum atomic E-state index is 5.96. The summed E-state index contributed by atoms with van der Waals surface area (Å²) in [6, 6.07) is 8.25. The molecule has 0 radical (unpaired) electrons. The van der Waals surface area contributed by atoms with Gasteiger partial charge >= 0.3 is 0 Å². The molecule has 30 heavy (non-hydrogen) atoms. The van der Waals surface area contributed by atoms with Crippen LogP contribution in [0.15, 0.2) is 24.3 Å². The van der Waals surface area contributed by atoms with Gasteiger partial charge in [-0.1, -0.05) is 78.1 Å². The van der Waals surface area contributed by atoms with E-state index in [1.54, 1.807) is 0 Å². The van der Waals surface area contributed by atoms with Crippen molar-refractivity contribution in [2.75, 3.05) is 13.2 Å². The monoisotopic (exact) mass is 414 g/mol. The van der Waals surface area contributed by atoms with Gasteiger partial charge < -0.3 is 9.47 Å². The van der Waals surface area contributed by atoms with Crippen molar-refractivity contribution in [3.05, 3.63) is 24.3 Å². The summed E-state index contributed by atoms with van der Waals surface area (Å²) in [6.45, 7) is 6.37. The molecular formula is C28H46O2. The van der Waals surface area contributed by atoms with Crippen LogP contribution in [0.1, 0.15) is 104 Å². The molecule has 1 aromatic rings. The third kappa shape index (κ3) is 8.16. The van der Waals surface area contributed by atoms with E-state index in [9.17, 15) is 0 Å². The molecular weight excluding hydrogens is 368 g/mol.